The van der Waals surface area contributed by atoms with Crippen LogP contribution in [0.1, 0.15) is 35.1 Å². The lowest BCUT2D eigenvalue weighted by Crippen LogP contribution is -2.10. The van der Waals surface area contributed by atoms with E-state index in [-0.39, 0.29) is 5.89 Å². The molecule has 0 N–H and O–H groups in total. The zero-order valence-corrected chi connectivity index (χ0v) is 12.2. The van der Waals surface area contributed by atoms with E-state index >= 15 is 0 Å². The second-order valence-electron chi connectivity index (χ2n) is 4.33. The Morgan fingerprint density at radius 3 is 2.29 bits per heavy atom. The molecular formula is C14H16N2O5. The molecule has 0 saturated heterocycles. The Morgan fingerprint density at radius 1 is 1.19 bits per heavy atom. The minimum absolute atomic E-state index is 0.246. The van der Waals surface area contributed by atoms with Gasteiger partial charge in [-0.2, -0.15) is 4.98 Å². The van der Waals surface area contributed by atoms with Gasteiger partial charge in [0.1, 0.15) is 11.5 Å². The van der Waals surface area contributed by atoms with Crippen molar-refractivity contribution >= 4 is 5.97 Å². The molecule has 2 rings (SSSR count). The van der Waals surface area contributed by atoms with Crippen LogP contribution in [-0.2, 0) is 4.74 Å². The molecule has 7 heteroatoms. The van der Waals surface area contributed by atoms with Gasteiger partial charge in [-0.3, -0.25) is 0 Å². The minimum Gasteiger partial charge on any atom is -0.497 e. The van der Waals surface area contributed by atoms with E-state index in [0.717, 1.165) is 0 Å². The molecule has 0 bridgehead atoms. The van der Waals surface area contributed by atoms with Crippen molar-refractivity contribution in [2.24, 2.45) is 0 Å². The maximum absolute atomic E-state index is 12.1. The van der Waals surface area contributed by atoms with E-state index in [0.29, 0.717) is 22.9 Å². The molecule has 1 atom stereocenters. The summed E-state index contributed by atoms with van der Waals surface area (Å²) in [7, 11) is 3.02. The molecule has 0 aliphatic heterocycles. The molecule has 21 heavy (non-hydrogen) atoms. The monoisotopic (exact) mass is 292 g/mol. The molecule has 1 aromatic heterocycles. The van der Waals surface area contributed by atoms with Crippen molar-refractivity contribution < 1.29 is 23.5 Å². The van der Waals surface area contributed by atoms with Gasteiger partial charge >= 0.3 is 5.97 Å². The van der Waals surface area contributed by atoms with Crippen molar-refractivity contribution in [2.75, 3.05) is 14.2 Å². The third-order valence-corrected chi connectivity index (χ3v) is 2.76. The van der Waals surface area contributed by atoms with Crippen LogP contribution in [0.15, 0.2) is 22.7 Å². The summed E-state index contributed by atoms with van der Waals surface area (Å²) in [6, 6.07) is 4.80. The highest BCUT2D eigenvalue weighted by Gasteiger charge is 2.19. The highest BCUT2D eigenvalue weighted by Crippen LogP contribution is 2.24. The molecule has 7 nitrogen and oxygen atoms in total. The number of ether oxygens (including phenoxy) is 3. The van der Waals surface area contributed by atoms with Gasteiger partial charge in [0, 0.05) is 6.07 Å². The van der Waals surface area contributed by atoms with E-state index in [1.165, 1.54) is 14.2 Å². The number of hydrogen-bond acceptors (Lipinski definition) is 7. The van der Waals surface area contributed by atoms with E-state index < -0.39 is 12.1 Å². The third kappa shape index (κ3) is 3.50. The minimum atomic E-state index is -0.643. The second-order valence-corrected chi connectivity index (χ2v) is 4.33. The Balaban J connectivity index is 2.16. The molecule has 0 saturated carbocycles. The zero-order valence-electron chi connectivity index (χ0n) is 12.2. The summed E-state index contributed by atoms with van der Waals surface area (Å²) in [5, 5.41) is 3.66. The van der Waals surface area contributed by atoms with E-state index in [2.05, 4.69) is 10.1 Å². The Morgan fingerprint density at radius 2 is 1.81 bits per heavy atom. The van der Waals surface area contributed by atoms with Crippen LogP contribution in [0.2, 0.25) is 0 Å². The second kappa shape index (κ2) is 6.25. The first-order valence-electron chi connectivity index (χ1n) is 6.27. The molecule has 0 fully saturated rings. The van der Waals surface area contributed by atoms with Crippen LogP contribution in [0.25, 0.3) is 0 Å². The number of methoxy groups -OCH3 is 2. The standard InChI is InChI=1S/C14H16N2O5/c1-8(13-15-9(2)16-21-13)20-14(17)10-5-11(18-3)7-12(6-10)19-4/h5-8H,1-4H3. The van der Waals surface area contributed by atoms with Gasteiger partial charge in [0.15, 0.2) is 11.9 Å². The average molecular weight is 292 g/mol. The van der Waals surface area contributed by atoms with Gasteiger partial charge in [0.05, 0.1) is 19.8 Å². The summed E-state index contributed by atoms with van der Waals surface area (Å²) in [6.45, 7) is 3.34. The summed E-state index contributed by atoms with van der Waals surface area (Å²) in [5.41, 5.74) is 0.314. The number of carbonyl (C=O) groups is 1. The van der Waals surface area contributed by atoms with Gasteiger partial charge in [-0.15, -0.1) is 0 Å². The lowest BCUT2D eigenvalue weighted by Gasteiger charge is -2.11. The average Bonchev–Trinajstić information content (AvgIpc) is 2.93. The van der Waals surface area contributed by atoms with Gasteiger partial charge in [-0.1, -0.05) is 5.16 Å². The number of carbonyl (C=O) groups excluding carboxylic acids is 1. The molecule has 1 aromatic carbocycles. The van der Waals surface area contributed by atoms with Crippen LogP contribution < -0.4 is 9.47 Å². The number of aromatic nitrogens is 2. The fourth-order valence-electron chi connectivity index (χ4n) is 1.68. The van der Waals surface area contributed by atoms with E-state index in [9.17, 15) is 4.79 Å². The van der Waals surface area contributed by atoms with Crippen molar-refractivity contribution in [1.29, 1.82) is 0 Å². The quantitative estimate of drug-likeness (QED) is 0.782. The largest absolute Gasteiger partial charge is 0.497 e. The lowest BCUT2D eigenvalue weighted by molar-refractivity contribution is 0.0264. The van der Waals surface area contributed by atoms with Gasteiger partial charge in [0.2, 0.25) is 0 Å². The van der Waals surface area contributed by atoms with E-state index in [1.54, 1.807) is 32.0 Å². The number of nitrogens with zero attached hydrogens (tertiary/aromatic N) is 2. The maximum atomic E-state index is 12.1. The Kier molecular flexibility index (Phi) is 4.42. The van der Waals surface area contributed by atoms with Crippen molar-refractivity contribution in [3.8, 4) is 11.5 Å². The number of benzene rings is 1. The molecule has 0 aliphatic rings. The fourth-order valence-corrected chi connectivity index (χ4v) is 1.68. The van der Waals surface area contributed by atoms with Gasteiger partial charge in [-0.25, -0.2) is 4.79 Å². The van der Waals surface area contributed by atoms with E-state index in [4.69, 9.17) is 18.7 Å². The summed E-state index contributed by atoms with van der Waals surface area (Å²) in [4.78, 5) is 16.2. The highest BCUT2D eigenvalue weighted by molar-refractivity contribution is 5.90. The number of esters is 1. The SMILES string of the molecule is COc1cc(OC)cc(C(=O)OC(C)c2nc(C)no2)c1. The third-order valence-electron chi connectivity index (χ3n) is 2.76. The Labute approximate surface area is 121 Å². The number of aryl methyl sites for hydroxylation is 1. The molecule has 1 heterocycles. The lowest BCUT2D eigenvalue weighted by atomic mass is 10.2. The summed E-state index contributed by atoms with van der Waals surface area (Å²) in [6.07, 6.45) is -0.643. The molecule has 2 aromatic rings. The normalized spacial score (nSPS) is 11.8. The first-order valence-corrected chi connectivity index (χ1v) is 6.27. The van der Waals surface area contributed by atoms with Gasteiger partial charge < -0.3 is 18.7 Å². The van der Waals surface area contributed by atoms with Crippen molar-refractivity contribution in [1.82, 2.24) is 10.1 Å². The molecule has 112 valence electrons. The Hall–Kier alpha value is -2.57. The number of rotatable bonds is 5. The first-order chi connectivity index (χ1) is 10.0. The van der Waals surface area contributed by atoms with Crippen LogP contribution in [0.4, 0.5) is 0 Å². The summed E-state index contributed by atoms with van der Waals surface area (Å²) < 4.78 is 20.5. The fraction of sp³-hybridized carbons (Fsp3) is 0.357. The predicted octanol–water partition coefficient (Wildman–Crippen LogP) is 2.31. The van der Waals surface area contributed by atoms with Gasteiger partial charge in [0.25, 0.3) is 5.89 Å². The van der Waals surface area contributed by atoms with Crippen LogP contribution in [-0.4, -0.2) is 30.3 Å². The Bertz CT molecular complexity index is 616. The van der Waals surface area contributed by atoms with Crippen molar-refractivity contribution in [2.45, 2.75) is 20.0 Å². The molecular weight excluding hydrogens is 276 g/mol. The van der Waals surface area contributed by atoms with Gasteiger partial charge in [-0.05, 0) is 26.0 Å². The topological polar surface area (TPSA) is 83.7 Å². The predicted molar refractivity (Wildman–Crippen MR) is 72.4 cm³/mol. The van der Waals surface area contributed by atoms with Crippen LogP contribution in [0, 0.1) is 6.92 Å². The molecule has 0 amide bonds. The van der Waals surface area contributed by atoms with Crippen molar-refractivity contribution in [3.05, 3.63) is 35.5 Å². The zero-order chi connectivity index (χ0) is 15.4. The summed E-state index contributed by atoms with van der Waals surface area (Å²) >= 11 is 0. The first kappa shape index (κ1) is 14.8. The molecule has 1 unspecified atom stereocenters. The van der Waals surface area contributed by atoms with Crippen LogP contribution >= 0.6 is 0 Å². The maximum Gasteiger partial charge on any atom is 0.339 e. The molecule has 0 spiro atoms. The highest BCUT2D eigenvalue weighted by atomic mass is 16.6. The molecule has 0 radical (unpaired) electrons. The number of hydrogen-bond donors (Lipinski definition) is 0. The summed E-state index contributed by atoms with van der Waals surface area (Å²) in [5.74, 6) is 1.20. The van der Waals surface area contributed by atoms with Crippen LogP contribution in [0.3, 0.4) is 0 Å². The van der Waals surface area contributed by atoms with E-state index in [1.807, 2.05) is 0 Å². The van der Waals surface area contributed by atoms with Crippen LogP contribution in [0.5, 0.6) is 11.5 Å². The smallest absolute Gasteiger partial charge is 0.339 e. The van der Waals surface area contributed by atoms with Crippen molar-refractivity contribution in [3.63, 3.8) is 0 Å². The molecule has 0 aliphatic carbocycles.